The zero-order valence-corrected chi connectivity index (χ0v) is 15.4. The molecule has 3 N–H and O–H groups in total. The molecule has 1 saturated carbocycles. The normalized spacial score (nSPS) is 17.0. The number of rotatable bonds is 7. The van der Waals surface area contributed by atoms with Gasteiger partial charge in [-0.1, -0.05) is 6.07 Å². The van der Waals surface area contributed by atoms with Crippen LogP contribution in [0.25, 0.3) is 0 Å². The van der Waals surface area contributed by atoms with Crippen LogP contribution in [0.5, 0.6) is 0 Å². The zero-order valence-electron chi connectivity index (χ0n) is 13.7. The second kappa shape index (κ2) is 6.87. The number of benzene rings is 1. The van der Waals surface area contributed by atoms with Crippen LogP contribution in [0, 0.1) is 5.92 Å². The molecule has 1 atom stereocenters. The lowest BCUT2D eigenvalue weighted by Crippen LogP contribution is -2.41. The minimum absolute atomic E-state index is 0.0615. The highest BCUT2D eigenvalue weighted by Crippen LogP contribution is 2.46. The molecule has 1 unspecified atom stereocenters. The Hall–Kier alpha value is -1.74. The van der Waals surface area contributed by atoms with E-state index in [2.05, 4.69) is 10.0 Å². The van der Waals surface area contributed by atoms with E-state index in [-0.39, 0.29) is 23.3 Å². The summed E-state index contributed by atoms with van der Waals surface area (Å²) in [7, 11) is -3.75. The van der Waals surface area contributed by atoms with E-state index < -0.39 is 15.6 Å². The van der Waals surface area contributed by atoms with Crippen LogP contribution < -0.4 is 10.0 Å². The topological polar surface area (TPSA) is 95.5 Å². The van der Waals surface area contributed by atoms with Gasteiger partial charge in [0.1, 0.15) is 5.60 Å². The Morgan fingerprint density at radius 2 is 1.96 bits per heavy atom. The first-order chi connectivity index (χ1) is 11.8. The molecule has 3 rings (SSSR count). The average molecular weight is 380 g/mol. The molecule has 1 heterocycles. The Morgan fingerprint density at radius 1 is 1.28 bits per heavy atom. The molecule has 0 aliphatic heterocycles. The minimum Gasteiger partial charge on any atom is -0.383 e. The number of anilines is 1. The van der Waals surface area contributed by atoms with E-state index in [1.807, 2.05) is 17.5 Å². The number of nitrogens with one attached hydrogen (secondary N) is 2. The first kappa shape index (κ1) is 18.1. The smallest absolute Gasteiger partial charge is 0.240 e. The van der Waals surface area contributed by atoms with Crippen LogP contribution in [0.15, 0.2) is 46.7 Å². The summed E-state index contributed by atoms with van der Waals surface area (Å²) in [4.78, 5) is 11.9. The molecule has 0 radical (unpaired) electrons. The van der Waals surface area contributed by atoms with Gasteiger partial charge in [0, 0.05) is 24.0 Å². The van der Waals surface area contributed by atoms with Crippen molar-refractivity contribution >= 4 is 33.0 Å². The molecule has 1 amide bonds. The monoisotopic (exact) mass is 380 g/mol. The van der Waals surface area contributed by atoms with E-state index in [0.29, 0.717) is 5.69 Å². The molecule has 1 aliphatic carbocycles. The second-order valence-corrected chi connectivity index (χ2v) is 8.92. The molecule has 0 bridgehead atoms. The van der Waals surface area contributed by atoms with Crippen LogP contribution in [0.3, 0.4) is 0 Å². The summed E-state index contributed by atoms with van der Waals surface area (Å²) in [6.45, 7) is 1.32. The fourth-order valence-corrected chi connectivity index (χ4v) is 4.70. The third-order valence-electron chi connectivity index (χ3n) is 4.22. The van der Waals surface area contributed by atoms with Crippen molar-refractivity contribution in [1.29, 1.82) is 0 Å². The van der Waals surface area contributed by atoms with Crippen LogP contribution in [-0.4, -0.2) is 26.0 Å². The lowest BCUT2D eigenvalue weighted by Gasteiger charge is -2.27. The molecule has 1 aromatic carbocycles. The van der Waals surface area contributed by atoms with Gasteiger partial charge in [-0.05, 0) is 54.5 Å². The van der Waals surface area contributed by atoms with Crippen LogP contribution in [0.1, 0.15) is 24.6 Å². The third kappa shape index (κ3) is 4.09. The molecule has 1 aliphatic rings. The lowest BCUT2D eigenvalue weighted by molar-refractivity contribution is -0.114. The van der Waals surface area contributed by atoms with E-state index in [4.69, 9.17) is 0 Å². The molecule has 0 saturated heterocycles. The van der Waals surface area contributed by atoms with Gasteiger partial charge in [-0.3, -0.25) is 4.79 Å². The van der Waals surface area contributed by atoms with Gasteiger partial charge in [-0.15, -0.1) is 11.3 Å². The Balaban J connectivity index is 1.74. The van der Waals surface area contributed by atoms with Gasteiger partial charge in [0.05, 0.1) is 4.90 Å². The van der Waals surface area contributed by atoms with Crippen LogP contribution in [-0.2, 0) is 20.4 Å². The zero-order chi connectivity index (χ0) is 18.1. The highest BCUT2D eigenvalue weighted by molar-refractivity contribution is 7.89. The number of hydrogen-bond acceptors (Lipinski definition) is 5. The number of thiophene rings is 1. The summed E-state index contributed by atoms with van der Waals surface area (Å²) in [6, 6.07) is 9.59. The fourth-order valence-electron chi connectivity index (χ4n) is 2.73. The first-order valence-electron chi connectivity index (χ1n) is 7.95. The quantitative estimate of drug-likeness (QED) is 0.687. The van der Waals surface area contributed by atoms with Gasteiger partial charge in [0.15, 0.2) is 0 Å². The van der Waals surface area contributed by atoms with E-state index >= 15 is 0 Å². The predicted molar refractivity (Wildman–Crippen MR) is 96.9 cm³/mol. The van der Waals surface area contributed by atoms with E-state index in [0.717, 1.165) is 17.7 Å². The maximum atomic E-state index is 12.5. The van der Waals surface area contributed by atoms with Crippen molar-refractivity contribution in [2.24, 2.45) is 5.92 Å². The number of amides is 1. The summed E-state index contributed by atoms with van der Waals surface area (Å²) in [6.07, 6.45) is 1.78. The van der Waals surface area contributed by atoms with Gasteiger partial charge in [-0.25, -0.2) is 13.1 Å². The fraction of sp³-hybridized carbons (Fsp3) is 0.353. The van der Waals surface area contributed by atoms with Crippen molar-refractivity contribution in [3.05, 3.63) is 46.7 Å². The molecule has 2 aromatic rings. The van der Waals surface area contributed by atoms with Crippen molar-refractivity contribution in [2.45, 2.75) is 30.3 Å². The summed E-state index contributed by atoms with van der Waals surface area (Å²) in [5.74, 6) is -0.143. The molecule has 1 aromatic heterocycles. The van der Waals surface area contributed by atoms with Crippen LogP contribution in [0.2, 0.25) is 0 Å². The summed E-state index contributed by atoms with van der Waals surface area (Å²) >= 11 is 1.43. The average Bonchev–Trinajstić information content (AvgIpc) is 3.28. The van der Waals surface area contributed by atoms with E-state index in [9.17, 15) is 18.3 Å². The Labute approximate surface area is 150 Å². The summed E-state index contributed by atoms with van der Waals surface area (Å²) in [5, 5.41) is 15.5. The first-order valence-corrected chi connectivity index (χ1v) is 10.3. The second-order valence-electron chi connectivity index (χ2n) is 6.21. The Morgan fingerprint density at radius 3 is 2.48 bits per heavy atom. The Kier molecular flexibility index (Phi) is 4.97. The summed E-state index contributed by atoms with van der Waals surface area (Å²) < 4.78 is 27.6. The van der Waals surface area contributed by atoms with Gasteiger partial charge in [-0.2, -0.15) is 0 Å². The molecular weight excluding hydrogens is 360 g/mol. The Bertz CT molecular complexity index is 843. The van der Waals surface area contributed by atoms with Crippen molar-refractivity contribution in [3.8, 4) is 0 Å². The molecule has 25 heavy (non-hydrogen) atoms. The lowest BCUT2D eigenvalue weighted by atomic mass is 9.96. The van der Waals surface area contributed by atoms with Gasteiger partial charge < -0.3 is 10.4 Å². The van der Waals surface area contributed by atoms with Crippen LogP contribution in [0.4, 0.5) is 5.69 Å². The van der Waals surface area contributed by atoms with Crippen molar-refractivity contribution < 1.29 is 18.3 Å². The van der Waals surface area contributed by atoms with Crippen LogP contribution >= 0.6 is 11.3 Å². The van der Waals surface area contributed by atoms with Crippen molar-refractivity contribution in [1.82, 2.24) is 4.72 Å². The third-order valence-corrected chi connectivity index (χ3v) is 6.67. The van der Waals surface area contributed by atoms with Crippen molar-refractivity contribution in [3.63, 3.8) is 0 Å². The molecule has 0 spiro atoms. The number of sulfonamides is 1. The van der Waals surface area contributed by atoms with E-state index in [1.165, 1.54) is 42.5 Å². The van der Waals surface area contributed by atoms with E-state index in [1.54, 1.807) is 0 Å². The predicted octanol–water partition coefficient (Wildman–Crippen LogP) is 2.28. The number of carbonyl (C=O) groups is 1. The molecule has 1 fully saturated rings. The van der Waals surface area contributed by atoms with Gasteiger partial charge in [0.25, 0.3) is 0 Å². The number of carbonyl (C=O) groups excluding carboxylic acids is 1. The number of hydrogen-bond donors (Lipinski definition) is 3. The van der Waals surface area contributed by atoms with Gasteiger partial charge in [0.2, 0.25) is 15.9 Å². The minimum atomic E-state index is -3.75. The van der Waals surface area contributed by atoms with Gasteiger partial charge >= 0.3 is 0 Å². The highest BCUT2D eigenvalue weighted by atomic mass is 32.2. The highest BCUT2D eigenvalue weighted by Gasteiger charge is 2.46. The molecule has 8 heteroatoms. The molecule has 134 valence electrons. The molecular formula is C17H20N2O4S2. The maximum Gasteiger partial charge on any atom is 0.240 e. The summed E-state index contributed by atoms with van der Waals surface area (Å²) in [5.41, 5.74) is -0.642. The standard InChI is InChI=1S/C17H20N2O4S2/c1-12(20)19-14-6-8-15(9-7-14)25(22,23)18-11-17(21,13-4-5-13)16-3-2-10-24-16/h2-3,6-10,13,18,21H,4-5,11H2,1H3,(H,19,20). The SMILES string of the molecule is CC(=O)Nc1ccc(S(=O)(=O)NCC(O)(c2cccs2)C2CC2)cc1. The van der Waals surface area contributed by atoms with Crippen molar-refractivity contribution in [2.75, 3.05) is 11.9 Å². The largest absolute Gasteiger partial charge is 0.383 e. The number of aliphatic hydroxyl groups is 1. The molecule has 6 nitrogen and oxygen atoms in total. The maximum absolute atomic E-state index is 12.5.